The first-order valence-electron chi connectivity index (χ1n) is 9.49. The van der Waals surface area contributed by atoms with Crippen molar-refractivity contribution in [3.8, 4) is 11.3 Å². The fraction of sp³-hybridized carbons (Fsp3) is 0.0400. The monoisotopic (exact) mass is 413 g/mol. The van der Waals surface area contributed by atoms with Gasteiger partial charge in [-0.2, -0.15) is 0 Å². The van der Waals surface area contributed by atoms with Crippen LogP contribution in [0.3, 0.4) is 0 Å². The Morgan fingerprint density at radius 2 is 1.67 bits per heavy atom. The molecule has 5 heteroatoms. The van der Waals surface area contributed by atoms with Gasteiger partial charge in [0, 0.05) is 39.8 Å². The van der Waals surface area contributed by atoms with Gasteiger partial charge >= 0.3 is 0 Å². The van der Waals surface area contributed by atoms with Gasteiger partial charge in [-0.3, -0.25) is 9.78 Å². The summed E-state index contributed by atoms with van der Waals surface area (Å²) in [5, 5.41) is 8.72. The molecule has 1 aromatic heterocycles. The van der Waals surface area contributed by atoms with Gasteiger partial charge in [0.05, 0.1) is 10.7 Å². The smallest absolute Gasteiger partial charge is 0.255 e. The molecule has 0 bridgehead atoms. The van der Waals surface area contributed by atoms with Gasteiger partial charge in [-0.15, -0.1) is 0 Å². The summed E-state index contributed by atoms with van der Waals surface area (Å²) in [6.45, 7) is 5.70. The number of rotatable bonds is 5. The largest absolute Gasteiger partial charge is 0.360 e. The zero-order valence-electron chi connectivity index (χ0n) is 16.4. The molecule has 0 saturated carbocycles. The number of halogens is 1. The maximum Gasteiger partial charge on any atom is 0.255 e. The zero-order valence-corrected chi connectivity index (χ0v) is 17.2. The maximum absolute atomic E-state index is 12.7. The number of aromatic nitrogens is 1. The summed E-state index contributed by atoms with van der Waals surface area (Å²) < 4.78 is 0. The van der Waals surface area contributed by atoms with Gasteiger partial charge in [-0.05, 0) is 60.8 Å². The molecule has 4 rings (SSSR count). The highest BCUT2D eigenvalue weighted by molar-refractivity contribution is 6.33. The molecule has 1 amide bonds. The van der Waals surface area contributed by atoms with E-state index in [1.54, 1.807) is 30.5 Å². The van der Waals surface area contributed by atoms with Crippen LogP contribution in [0.2, 0.25) is 5.02 Å². The molecule has 0 aliphatic heterocycles. The lowest BCUT2D eigenvalue weighted by Gasteiger charge is -2.11. The number of carbonyl (C=O) groups excluding carboxylic acids is 1. The number of amides is 1. The molecular weight excluding hydrogens is 394 g/mol. The maximum atomic E-state index is 12.7. The predicted molar refractivity (Wildman–Crippen MR) is 125 cm³/mol. The van der Waals surface area contributed by atoms with E-state index in [-0.39, 0.29) is 5.91 Å². The van der Waals surface area contributed by atoms with Gasteiger partial charge in [0.25, 0.3) is 5.91 Å². The van der Waals surface area contributed by atoms with Crippen LogP contribution in [-0.2, 0) is 0 Å². The van der Waals surface area contributed by atoms with Gasteiger partial charge in [0.1, 0.15) is 0 Å². The van der Waals surface area contributed by atoms with Crippen LogP contribution in [0, 0.1) is 0 Å². The van der Waals surface area contributed by atoms with E-state index < -0.39 is 0 Å². The van der Waals surface area contributed by atoms with Crippen molar-refractivity contribution < 1.29 is 4.79 Å². The van der Waals surface area contributed by atoms with E-state index in [1.807, 2.05) is 55.5 Å². The van der Waals surface area contributed by atoms with Crippen molar-refractivity contribution in [3.63, 3.8) is 0 Å². The quantitative estimate of drug-likeness (QED) is 0.380. The predicted octanol–water partition coefficient (Wildman–Crippen LogP) is 6.75. The Morgan fingerprint density at radius 3 is 2.43 bits per heavy atom. The lowest BCUT2D eigenvalue weighted by atomic mass is 10.0. The van der Waals surface area contributed by atoms with E-state index >= 15 is 0 Å². The molecule has 0 unspecified atom stereocenters. The first kappa shape index (κ1) is 19.7. The Hall–Kier alpha value is -3.63. The van der Waals surface area contributed by atoms with Crippen molar-refractivity contribution in [2.24, 2.45) is 0 Å². The number of benzene rings is 3. The molecule has 0 fully saturated rings. The van der Waals surface area contributed by atoms with Crippen molar-refractivity contribution in [1.29, 1.82) is 0 Å². The lowest BCUT2D eigenvalue weighted by molar-refractivity contribution is 0.102. The van der Waals surface area contributed by atoms with Crippen LogP contribution in [-0.4, -0.2) is 10.9 Å². The minimum absolute atomic E-state index is 0.198. The molecule has 0 saturated heterocycles. The lowest BCUT2D eigenvalue weighted by Crippen LogP contribution is -2.12. The van der Waals surface area contributed by atoms with Crippen molar-refractivity contribution in [1.82, 2.24) is 4.98 Å². The second kappa shape index (κ2) is 8.39. The fourth-order valence-electron chi connectivity index (χ4n) is 3.27. The Kier molecular flexibility index (Phi) is 5.50. The van der Waals surface area contributed by atoms with Crippen molar-refractivity contribution in [2.75, 3.05) is 10.6 Å². The molecule has 3 aromatic carbocycles. The number of hydrogen-bond donors (Lipinski definition) is 2. The summed E-state index contributed by atoms with van der Waals surface area (Å²) in [5.41, 5.74) is 4.48. The number of nitrogens with zero attached hydrogens (tertiary/aromatic N) is 1. The standard InChI is InChI=1S/C25H20ClN3O/c1-16(2)28-19-9-7-18(8-10-19)25(30)29-20-11-12-23(26)22(15-20)24-21-6-4-3-5-17(21)13-14-27-24/h3-15,28H,1H2,2H3,(H,29,30). The molecule has 1 heterocycles. The SMILES string of the molecule is C=C(C)Nc1ccc(C(=O)Nc2ccc(Cl)c(-c3nccc4ccccc34)c2)cc1. The second-order valence-corrected chi connectivity index (χ2v) is 7.42. The molecule has 0 atom stereocenters. The minimum atomic E-state index is -0.198. The van der Waals surface area contributed by atoms with Crippen LogP contribution in [0.4, 0.5) is 11.4 Å². The number of allylic oxidation sites excluding steroid dienone is 1. The number of pyridine rings is 1. The highest BCUT2D eigenvalue weighted by Gasteiger charge is 2.12. The summed E-state index contributed by atoms with van der Waals surface area (Å²) in [6, 6.07) is 22.6. The average Bonchev–Trinajstić information content (AvgIpc) is 2.75. The summed E-state index contributed by atoms with van der Waals surface area (Å²) in [5.74, 6) is -0.198. The topological polar surface area (TPSA) is 54.0 Å². The van der Waals surface area contributed by atoms with E-state index in [1.165, 1.54) is 0 Å². The molecule has 4 aromatic rings. The summed E-state index contributed by atoms with van der Waals surface area (Å²) in [7, 11) is 0. The van der Waals surface area contributed by atoms with Crippen molar-refractivity contribution in [2.45, 2.75) is 6.92 Å². The van der Waals surface area contributed by atoms with Crippen LogP contribution in [0.5, 0.6) is 0 Å². The minimum Gasteiger partial charge on any atom is -0.360 e. The summed E-state index contributed by atoms with van der Waals surface area (Å²) in [4.78, 5) is 17.2. The molecule has 2 N–H and O–H groups in total. The highest BCUT2D eigenvalue weighted by atomic mass is 35.5. The molecule has 0 spiro atoms. The van der Waals surface area contributed by atoms with Crippen LogP contribution in [0.25, 0.3) is 22.0 Å². The Balaban J connectivity index is 1.62. The fourth-order valence-corrected chi connectivity index (χ4v) is 3.48. The molecule has 0 aliphatic rings. The summed E-state index contributed by atoms with van der Waals surface area (Å²) >= 11 is 6.48. The first-order valence-corrected chi connectivity index (χ1v) is 9.87. The Labute approximate surface area is 180 Å². The first-order chi connectivity index (χ1) is 14.5. The number of carbonyl (C=O) groups is 1. The third kappa shape index (κ3) is 4.19. The average molecular weight is 414 g/mol. The van der Waals surface area contributed by atoms with Crippen LogP contribution in [0.1, 0.15) is 17.3 Å². The van der Waals surface area contributed by atoms with Crippen LogP contribution >= 0.6 is 11.6 Å². The Bertz CT molecular complexity index is 1240. The normalized spacial score (nSPS) is 10.6. The molecule has 4 nitrogen and oxygen atoms in total. The van der Waals surface area contributed by atoms with E-state index in [2.05, 4.69) is 22.2 Å². The van der Waals surface area contributed by atoms with Gasteiger partial charge in [-0.25, -0.2) is 0 Å². The van der Waals surface area contributed by atoms with Gasteiger partial charge in [0.15, 0.2) is 0 Å². The molecular formula is C25H20ClN3O. The molecule has 0 radical (unpaired) electrons. The number of fused-ring (bicyclic) bond motifs is 1. The highest BCUT2D eigenvalue weighted by Crippen LogP contribution is 2.33. The Morgan fingerprint density at radius 1 is 0.933 bits per heavy atom. The van der Waals surface area contributed by atoms with E-state index in [4.69, 9.17) is 11.6 Å². The van der Waals surface area contributed by atoms with Gasteiger partial charge in [0.2, 0.25) is 0 Å². The number of hydrogen-bond acceptors (Lipinski definition) is 3. The number of nitrogens with one attached hydrogen (secondary N) is 2. The van der Waals surface area contributed by atoms with Crippen LogP contribution in [0.15, 0.2) is 91.3 Å². The van der Waals surface area contributed by atoms with E-state index in [0.29, 0.717) is 16.3 Å². The van der Waals surface area contributed by atoms with Crippen molar-refractivity contribution >= 4 is 39.7 Å². The summed E-state index contributed by atoms with van der Waals surface area (Å²) in [6.07, 6.45) is 1.76. The number of anilines is 2. The second-order valence-electron chi connectivity index (χ2n) is 7.01. The molecule has 148 valence electrons. The van der Waals surface area contributed by atoms with Crippen LogP contribution < -0.4 is 10.6 Å². The third-order valence-electron chi connectivity index (χ3n) is 4.66. The van der Waals surface area contributed by atoms with E-state index in [0.717, 1.165) is 33.4 Å². The van der Waals surface area contributed by atoms with Gasteiger partial charge < -0.3 is 10.6 Å². The molecule has 0 aliphatic carbocycles. The van der Waals surface area contributed by atoms with E-state index in [9.17, 15) is 4.79 Å². The van der Waals surface area contributed by atoms with Crippen molar-refractivity contribution in [3.05, 3.63) is 102 Å². The molecule has 30 heavy (non-hydrogen) atoms. The van der Waals surface area contributed by atoms with Gasteiger partial charge in [-0.1, -0.05) is 42.4 Å². The third-order valence-corrected chi connectivity index (χ3v) is 4.99. The zero-order chi connectivity index (χ0) is 21.1.